The molecule has 0 aliphatic rings. The van der Waals surface area contributed by atoms with Gasteiger partial charge in [0.25, 0.3) is 0 Å². The molecule has 0 bridgehead atoms. The lowest BCUT2D eigenvalue weighted by molar-refractivity contribution is 0.368. The minimum atomic E-state index is -6.00. The average molecular weight is 468 g/mol. The highest BCUT2D eigenvalue weighted by molar-refractivity contribution is 7.18. The van der Waals surface area contributed by atoms with Gasteiger partial charge in [0, 0.05) is 23.3 Å². The molecule has 0 amide bonds. The van der Waals surface area contributed by atoms with E-state index >= 15 is 0 Å². The fraction of sp³-hybridized carbons (Fsp3) is 0.0385. The Labute approximate surface area is 194 Å². The molecule has 4 aromatic rings. The maximum Gasteiger partial charge on any atom is 0.673 e. The summed E-state index contributed by atoms with van der Waals surface area (Å²) in [5.41, 5.74) is 4.82. The lowest BCUT2D eigenvalue weighted by atomic mass is 10.1. The van der Waals surface area contributed by atoms with Crippen LogP contribution < -0.4 is 4.74 Å². The molecular formula is C26H21BF4OS. The van der Waals surface area contributed by atoms with Crippen molar-refractivity contribution in [2.24, 2.45) is 0 Å². The summed E-state index contributed by atoms with van der Waals surface area (Å²) in [6.45, 7) is 0. The van der Waals surface area contributed by atoms with E-state index in [9.17, 15) is 17.3 Å². The van der Waals surface area contributed by atoms with Gasteiger partial charge in [-0.15, -0.1) is 0 Å². The van der Waals surface area contributed by atoms with E-state index in [1.807, 2.05) is 23.5 Å². The van der Waals surface area contributed by atoms with Gasteiger partial charge < -0.3 is 22.0 Å². The molecule has 0 saturated heterocycles. The summed E-state index contributed by atoms with van der Waals surface area (Å²) in [7, 11) is -4.31. The zero-order valence-electron chi connectivity index (χ0n) is 17.8. The van der Waals surface area contributed by atoms with Crippen LogP contribution in [0.5, 0.6) is 5.75 Å². The van der Waals surface area contributed by atoms with Crippen molar-refractivity contribution in [1.82, 2.24) is 0 Å². The van der Waals surface area contributed by atoms with Gasteiger partial charge in [0.15, 0.2) is 0 Å². The van der Waals surface area contributed by atoms with Crippen molar-refractivity contribution in [3.63, 3.8) is 0 Å². The largest absolute Gasteiger partial charge is 0.673 e. The highest BCUT2D eigenvalue weighted by Crippen LogP contribution is 2.34. The first-order chi connectivity index (χ1) is 15.8. The van der Waals surface area contributed by atoms with E-state index in [0.717, 1.165) is 11.3 Å². The van der Waals surface area contributed by atoms with Gasteiger partial charge in [0.2, 0.25) is 21.1 Å². The van der Waals surface area contributed by atoms with E-state index in [2.05, 4.69) is 97.1 Å². The predicted octanol–water partition coefficient (Wildman–Crippen LogP) is 8.84. The lowest BCUT2D eigenvalue weighted by Gasteiger charge is -2.00. The van der Waals surface area contributed by atoms with E-state index < -0.39 is 7.25 Å². The molecule has 3 aromatic carbocycles. The summed E-state index contributed by atoms with van der Waals surface area (Å²) in [6, 6.07) is 33.7. The first kappa shape index (κ1) is 24.2. The minimum Gasteiger partial charge on any atom is -0.497 e. The van der Waals surface area contributed by atoms with Gasteiger partial charge in [-0.1, -0.05) is 60.7 Å². The maximum atomic E-state index is 9.75. The molecule has 0 atom stereocenters. The summed E-state index contributed by atoms with van der Waals surface area (Å²) in [5.74, 6) is 0.872. The van der Waals surface area contributed by atoms with Gasteiger partial charge in [-0.05, 0) is 47.5 Å². The standard InChI is InChI=1S/C26H21OS.BF4/c1-27-24-16-14-20(15-17-24)12-13-21-18-25(22-8-4-2-5-9-22)28-26(19-21)23-10-6-3-7-11-23;2-1(3,4)5/h2-19H,1H3;/q+1;-1. The topological polar surface area (TPSA) is 9.23 Å². The molecule has 7 heteroatoms. The molecule has 1 aromatic heterocycles. The van der Waals surface area contributed by atoms with Gasteiger partial charge in [-0.3, -0.25) is 0 Å². The first-order valence-electron chi connectivity index (χ1n) is 10.1. The van der Waals surface area contributed by atoms with E-state index in [1.54, 1.807) is 7.11 Å². The van der Waals surface area contributed by atoms with Crippen LogP contribution in [0.2, 0.25) is 0 Å². The van der Waals surface area contributed by atoms with Crippen molar-refractivity contribution in [2.75, 3.05) is 7.11 Å². The molecule has 0 unspecified atom stereocenters. The van der Waals surface area contributed by atoms with Gasteiger partial charge in [0.1, 0.15) is 5.75 Å². The Morgan fingerprint density at radius 1 is 0.636 bits per heavy atom. The molecule has 1 heterocycles. The minimum absolute atomic E-state index is 0.872. The normalized spacial score (nSPS) is 11.1. The Hall–Kier alpha value is -3.45. The smallest absolute Gasteiger partial charge is 0.497 e. The molecule has 0 radical (unpaired) electrons. The molecule has 168 valence electrons. The van der Waals surface area contributed by atoms with Crippen LogP contribution in [-0.4, -0.2) is 14.4 Å². The summed E-state index contributed by atoms with van der Waals surface area (Å²) < 4.78 is 44.2. The molecule has 0 aliphatic heterocycles. The highest BCUT2D eigenvalue weighted by Gasteiger charge is 2.20. The van der Waals surface area contributed by atoms with Crippen LogP contribution in [-0.2, 0) is 0 Å². The van der Waals surface area contributed by atoms with Crippen molar-refractivity contribution in [3.05, 3.63) is 108 Å². The van der Waals surface area contributed by atoms with E-state index in [-0.39, 0.29) is 0 Å². The fourth-order valence-corrected chi connectivity index (χ4v) is 4.15. The lowest BCUT2D eigenvalue weighted by Crippen LogP contribution is -2.02. The Morgan fingerprint density at radius 3 is 1.48 bits per heavy atom. The van der Waals surface area contributed by atoms with Gasteiger partial charge in [-0.25, -0.2) is 0 Å². The monoisotopic (exact) mass is 468 g/mol. The summed E-state index contributed by atoms with van der Waals surface area (Å²) in [5, 5.41) is 0. The highest BCUT2D eigenvalue weighted by atomic mass is 32.1. The molecule has 0 saturated carbocycles. The Kier molecular flexibility index (Phi) is 8.38. The number of rotatable bonds is 5. The summed E-state index contributed by atoms with van der Waals surface area (Å²) in [4.78, 5) is 2.52. The third-order valence-electron chi connectivity index (χ3n) is 4.52. The van der Waals surface area contributed by atoms with Crippen molar-refractivity contribution in [3.8, 4) is 26.6 Å². The summed E-state index contributed by atoms with van der Waals surface area (Å²) in [6.07, 6.45) is 4.32. The van der Waals surface area contributed by atoms with Gasteiger partial charge in [-0.2, -0.15) is 0 Å². The maximum absolute atomic E-state index is 9.75. The molecule has 33 heavy (non-hydrogen) atoms. The Balaban J connectivity index is 0.000000555. The average Bonchev–Trinajstić information content (AvgIpc) is 2.83. The number of benzene rings is 3. The number of ether oxygens (including phenoxy) is 1. The van der Waals surface area contributed by atoms with Crippen LogP contribution in [0.25, 0.3) is 33.0 Å². The van der Waals surface area contributed by atoms with Crippen LogP contribution in [0, 0.1) is 0 Å². The SMILES string of the molecule is COc1ccc(C=Cc2cc(-c3ccccc3)[s+]c(-c3ccccc3)c2)cc1.F[B-](F)(F)F. The fourth-order valence-electron chi connectivity index (χ4n) is 3.01. The molecule has 4 rings (SSSR count). The van der Waals surface area contributed by atoms with Gasteiger partial charge >= 0.3 is 7.25 Å². The van der Waals surface area contributed by atoms with E-state index in [1.165, 1.54) is 26.4 Å². The van der Waals surface area contributed by atoms with E-state index in [0.29, 0.717) is 0 Å². The second-order valence-electron chi connectivity index (χ2n) is 6.95. The molecule has 0 N–H and O–H groups in total. The predicted molar refractivity (Wildman–Crippen MR) is 132 cm³/mol. The van der Waals surface area contributed by atoms with Crippen LogP contribution in [0.3, 0.4) is 0 Å². The quantitative estimate of drug-likeness (QED) is 0.162. The number of methoxy groups -OCH3 is 1. The van der Waals surface area contributed by atoms with Crippen molar-refractivity contribution >= 4 is 30.7 Å². The number of halogens is 4. The molecule has 1 nitrogen and oxygen atoms in total. The van der Waals surface area contributed by atoms with Crippen LogP contribution >= 0.6 is 11.3 Å². The second-order valence-corrected chi connectivity index (χ2v) is 8.04. The van der Waals surface area contributed by atoms with E-state index in [4.69, 9.17) is 4.74 Å². The van der Waals surface area contributed by atoms with Gasteiger partial charge in [0.05, 0.1) is 7.11 Å². The zero-order valence-corrected chi connectivity index (χ0v) is 18.6. The van der Waals surface area contributed by atoms with Crippen molar-refractivity contribution in [2.45, 2.75) is 0 Å². The van der Waals surface area contributed by atoms with Crippen molar-refractivity contribution in [1.29, 1.82) is 0 Å². The number of hydrogen-bond donors (Lipinski definition) is 0. The zero-order chi connectivity index (χ0) is 23.7. The van der Waals surface area contributed by atoms with Crippen molar-refractivity contribution < 1.29 is 22.0 Å². The van der Waals surface area contributed by atoms with Crippen LogP contribution in [0.15, 0.2) is 97.1 Å². The molecule has 0 fully saturated rings. The Bertz CT molecular complexity index is 1110. The third-order valence-corrected chi connectivity index (χ3v) is 5.66. The Morgan fingerprint density at radius 2 is 1.06 bits per heavy atom. The first-order valence-corrected chi connectivity index (χ1v) is 10.9. The molecule has 0 aliphatic carbocycles. The second kappa shape index (κ2) is 11.4. The van der Waals surface area contributed by atoms with Crippen LogP contribution in [0.4, 0.5) is 17.3 Å². The summed E-state index contributed by atoms with van der Waals surface area (Å²) >= 11 is 1.82. The molecule has 0 spiro atoms. The number of hydrogen-bond acceptors (Lipinski definition) is 1. The van der Waals surface area contributed by atoms with Crippen LogP contribution in [0.1, 0.15) is 11.1 Å². The molecular weight excluding hydrogens is 447 g/mol. The third kappa shape index (κ3) is 8.20.